The third-order valence-corrected chi connectivity index (χ3v) is 3.58. The molecular weight excluding hydrogens is 210 g/mol. The molecule has 1 fully saturated rings. The fourth-order valence-electron chi connectivity index (χ4n) is 2.56. The molecule has 0 radical (unpaired) electrons. The van der Waals surface area contributed by atoms with Crippen LogP contribution in [0.3, 0.4) is 0 Å². The van der Waals surface area contributed by atoms with Crippen molar-refractivity contribution in [3.63, 3.8) is 0 Å². The normalized spacial score (nSPS) is 19.1. The zero-order chi connectivity index (χ0) is 12.5. The molecule has 0 spiro atoms. The van der Waals surface area contributed by atoms with Gasteiger partial charge in [-0.2, -0.15) is 0 Å². The quantitative estimate of drug-likeness (QED) is 0.602. The minimum Gasteiger partial charge on any atom is -0.381 e. The van der Waals surface area contributed by atoms with Gasteiger partial charge in [0.2, 0.25) is 0 Å². The highest BCUT2D eigenvalue weighted by Crippen LogP contribution is 2.18. The number of rotatable bonds is 8. The molecule has 0 aromatic rings. The molecule has 0 aliphatic carbocycles. The van der Waals surface area contributed by atoms with Gasteiger partial charge in [0.05, 0.1) is 0 Å². The summed E-state index contributed by atoms with van der Waals surface area (Å²) in [5, 5.41) is 0. The lowest BCUT2D eigenvalue weighted by molar-refractivity contribution is 0.0626. The molecule has 0 aromatic carbocycles. The van der Waals surface area contributed by atoms with Gasteiger partial charge >= 0.3 is 0 Å². The number of ether oxygens (including phenoxy) is 1. The SMILES string of the molecule is CCCCCOCC1CCN(CC(C)C)CC1. The third kappa shape index (κ3) is 7.05. The highest BCUT2D eigenvalue weighted by Gasteiger charge is 2.19. The van der Waals surface area contributed by atoms with E-state index in [1.807, 2.05) is 0 Å². The van der Waals surface area contributed by atoms with Gasteiger partial charge in [0.25, 0.3) is 0 Å². The summed E-state index contributed by atoms with van der Waals surface area (Å²) in [7, 11) is 0. The third-order valence-electron chi connectivity index (χ3n) is 3.58. The predicted octanol–water partition coefficient (Wildman–Crippen LogP) is 3.56. The van der Waals surface area contributed by atoms with E-state index in [-0.39, 0.29) is 0 Å². The lowest BCUT2D eigenvalue weighted by atomic mass is 9.97. The Morgan fingerprint density at radius 2 is 1.88 bits per heavy atom. The van der Waals surface area contributed by atoms with E-state index in [0.29, 0.717) is 0 Å². The minimum atomic E-state index is 0.803. The molecule has 2 heteroatoms. The van der Waals surface area contributed by atoms with E-state index in [4.69, 9.17) is 4.74 Å². The number of piperidine rings is 1. The summed E-state index contributed by atoms with van der Waals surface area (Å²) in [5.41, 5.74) is 0. The van der Waals surface area contributed by atoms with Crippen LogP contribution in [-0.4, -0.2) is 37.7 Å². The van der Waals surface area contributed by atoms with Crippen LogP contribution in [0.15, 0.2) is 0 Å². The Labute approximate surface area is 108 Å². The van der Waals surface area contributed by atoms with Crippen molar-refractivity contribution in [1.29, 1.82) is 0 Å². The highest BCUT2D eigenvalue weighted by molar-refractivity contribution is 4.72. The second-order valence-electron chi connectivity index (χ2n) is 5.92. The summed E-state index contributed by atoms with van der Waals surface area (Å²) in [4.78, 5) is 2.61. The molecule has 0 N–H and O–H groups in total. The van der Waals surface area contributed by atoms with Crippen molar-refractivity contribution in [2.45, 2.75) is 52.9 Å². The maximum absolute atomic E-state index is 5.77. The average molecular weight is 241 g/mol. The molecule has 0 saturated carbocycles. The van der Waals surface area contributed by atoms with Gasteiger partial charge in [-0.1, -0.05) is 33.6 Å². The van der Waals surface area contributed by atoms with Crippen molar-refractivity contribution < 1.29 is 4.74 Å². The zero-order valence-electron chi connectivity index (χ0n) is 12.1. The van der Waals surface area contributed by atoms with E-state index >= 15 is 0 Å². The Bertz CT molecular complexity index is 174. The second kappa shape index (κ2) is 8.93. The topological polar surface area (TPSA) is 12.5 Å². The van der Waals surface area contributed by atoms with E-state index in [2.05, 4.69) is 25.7 Å². The van der Waals surface area contributed by atoms with Crippen LogP contribution in [0, 0.1) is 11.8 Å². The molecule has 102 valence electrons. The number of hydrogen-bond acceptors (Lipinski definition) is 2. The van der Waals surface area contributed by atoms with Gasteiger partial charge in [0.15, 0.2) is 0 Å². The number of unbranched alkanes of at least 4 members (excludes halogenated alkanes) is 2. The fraction of sp³-hybridized carbons (Fsp3) is 1.00. The molecule has 1 heterocycles. The van der Waals surface area contributed by atoms with E-state index in [9.17, 15) is 0 Å². The van der Waals surface area contributed by atoms with Crippen LogP contribution < -0.4 is 0 Å². The molecule has 0 atom stereocenters. The molecule has 0 bridgehead atoms. The first-order chi connectivity index (χ1) is 8.22. The first kappa shape index (κ1) is 15.0. The Hall–Kier alpha value is -0.0800. The van der Waals surface area contributed by atoms with Crippen LogP contribution in [0.2, 0.25) is 0 Å². The Morgan fingerprint density at radius 1 is 1.18 bits per heavy atom. The van der Waals surface area contributed by atoms with Crippen molar-refractivity contribution in [1.82, 2.24) is 4.90 Å². The lowest BCUT2D eigenvalue weighted by Gasteiger charge is -2.32. The number of nitrogens with zero attached hydrogens (tertiary/aromatic N) is 1. The molecule has 1 rings (SSSR count). The molecule has 0 unspecified atom stereocenters. The Balaban J connectivity index is 1.99. The molecule has 1 aliphatic heterocycles. The van der Waals surface area contributed by atoms with Crippen LogP contribution in [-0.2, 0) is 4.74 Å². The van der Waals surface area contributed by atoms with Gasteiger partial charge in [-0.25, -0.2) is 0 Å². The lowest BCUT2D eigenvalue weighted by Crippen LogP contribution is -2.37. The molecule has 0 aromatic heterocycles. The summed E-state index contributed by atoms with van der Waals surface area (Å²) in [5.74, 6) is 1.62. The van der Waals surface area contributed by atoms with E-state index in [1.165, 1.54) is 51.7 Å². The largest absolute Gasteiger partial charge is 0.381 e. The van der Waals surface area contributed by atoms with Crippen molar-refractivity contribution in [3.05, 3.63) is 0 Å². The van der Waals surface area contributed by atoms with Crippen LogP contribution in [0.1, 0.15) is 52.9 Å². The first-order valence-corrected chi connectivity index (χ1v) is 7.52. The van der Waals surface area contributed by atoms with Crippen molar-refractivity contribution >= 4 is 0 Å². The fourth-order valence-corrected chi connectivity index (χ4v) is 2.56. The van der Waals surface area contributed by atoms with Gasteiger partial charge in [-0.05, 0) is 44.2 Å². The maximum atomic E-state index is 5.77. The Kier molecular flexibility index (Phi) is 7.87. The van der Waals surface area contributed by atoms with Gasteiger partial charge in [-0.15, -0.1) is 0 Å². The summed E-state index contributed by atoms with van der Waals surface area (Å²) >= 11 is 0. The summed E-state index contributed by atoms with van der Waals surface area (Å²) in [6.07, 6.45) is 6.51. The summed E-state index contributed by atoms with van der Waals surface area (Å²) in [6.45, 7) is 12.7. The van der Waals surface area contributed by atoms with Crippen molar-refractivity contribution in [3.8, 4) is 0 Å². The molecule has 1 saturated heterocycles. The predicted molar refractivity (Wildman–Crippen MR) is 74.3 cm³/mol. The van der Waals surface area contributed by atoms with Crippen LogP contribution in [0.4, 0.5) is 0 Å². The van der Waals surface area contributed by atoms with E-state index < -0.39 is 0 Å². The second-order valence-corrected chi connectivity index (χ2v) is 5.92. The van der Waals surface area contributed by atoms with Crippen molar-refractivity contribution in [2.75, 3.05) is 32.8 Å². The van der Waals surface area contributed by atoms with E-state index in [0.717, 1.165) is 25.0 Å². The maximum Gasteiger partial charge on any atom is 0.0495 e. The minimum absolute atomic E-state index is 0.803. The van der Waals surface area contributed by atoms with Crippen LogP contribution in [0.25, 0.3) is 0 Å². The molecule has 17 heavy (non-hydrogen) atoms. The number of hydrogen-bond donors (Lipinski definition) is 0. The standard InChI is InChI=1S/C15H31NO/c1-4-5-6-11-17-13-15-7-9-16(10-8-15)12-14(2)3/h14-15H,4-13H2,1-3H3. The number of likely N-dealkylation sites (tertiary alicyclic amines) is 1. The first-order valence-electron chi connectivity index (χ1n) is 7.52. The van der Waals surface area contributed by atoms with Gasteiger partial charge in [0, 0.05) is 19.8 Å². The Morgan fingerprint density at radius 3 is 2.47 bits per heavy atom. The van der Waals surface area contributed by atoms with E-state index in [1.54, 1.807) is 0 Å². The molecule has 2 nitrogen and oxygen atoms in total. The smallest absolute Gasteiger partial charge is 0.0495 e. The van der Waals surface area contributed by atoms with Crippen molar-refractivity contribution in [2.24, 2.45) is 11.8 Å². The van der Waals surface area contributed by atoms with Crippen LogP contribution in [0.5, 0.6) is 0 Å². The monoisotopic (exact) mass is 241 g/mol. The molecule has 0 amide bonds. The molecule has 1 aliphatic rings. The highest BCUT2D eigenvalue weighted by atomic mass is 16.5. The summed E-state index contributed by atoms with van der Waals surface area (Å²) < 4.78 is 5.77. The van der Waals surface area contributed by atoms with Crippen LogP contribution >= 0.6 is 0 Å². The van der Waals surface area contributed by atoms with Gasteiger partial charge in [-0.3, -0.25) is 0 Å². The van der Waals surface area contributed by atoms with Gasteiger partial charge < -0.3 is 9.64 Å². The summed E-state index contributed by atoms with van der Waals surface area (Å²) in [6, 6.07) is 0. The van der Waals surface area contributed by atoms with Gasteiger partial charge in [0.1, 0.15) is 0 Å². The zero-order valence-corrected chi connectivity index (χ0v) is 12.1. The molecular formula is C15H31NO. The average Bonchev–Trinajstić information content (AvgIpc) is 2.30.